The second-order valence-corrected chi connectivity index (χ2v) is 8.92. The molecule has 0 amide bonds. The lowest BCUT2D eigenvalue weighted by Crippen LogP contribution is -2.16. The predicted molar refractivity (Wildman–Crippen MR) is 115 cm³/mol. The molecule has 148 valence electrons. The van der Waals surface area contributed by atoms with Gasteiger partial charge in [0.15, 0.2) is 5.78 Å². The number of carbonyl (C=O) groups excluding carboxylic acids is 1. The van der Waals surface area contributed by atoms with Crippen LogP contribution in [0, 0.1) is 29.6 Å². The zero-order chi connectivity index (χ0) is 19.7. The molecule has 0 aromatic heterocycles. The Morgan fingerprint density at radius 3 is 2.38 bits per heavy atom. The van der Waals surface area contributed by atoms with Gasteiger partial charge >= 0.3 is 0 Å². The molecular formula is C25H42O. The molecule has 0 bridgehead atoms. The van der Waals surface area contributed by atoms with Gasteiger partial charge in [-0.2, -0.15) is 0 Å². The first-order chi connectivity index (χ1) is 12.3. The van der Waals surface area contributed by atoms with E-state index in [4.69, 9.17) is 0 Å². The summed E-state index contributed by atoms with van der Waals surface area (Å²) in [7, 11) is 0. The van der Waals surface area contributed by atoms with Gasteiger partial charge in [0, 0.05) is 5.92 Å². The first-order valence-corrected chi connectivity index (χ1v) is 10.8. The van der Waals surface area contributed by atoms with Crippen molar-refractivity contribution in [2.45, 2.75) is 86.5 Å². The van der Waals surface area contributed by atoms with Gasteiger partial charge < -0.3 is 0 Å². The van der Waals surface area contributed by atoms with Gasteiger partial charge in [0.2, 0.25) is 0 Å². The molecule has 1 aliphatic rings. The molecule has 0 radical (unpaired) electrons. The van der Waals surface area contributed by atoms with Crippen LogP contribution in [0.15, 0.2) is 36.0 Å². The minimum absolute atomic E-state index is 0.125. The van der Waals surface area contributed by atoms with Gasteiger partial charge in [0.1, 0.15) is 0 Å². The molecule has 0 saturated carbocycles. The van der Waals surface area contributed by atoms with E-state index in [2.05, 4.69) is 54.2 Å². The van der Waals surface area contributed by atoms with E-state index in [-0.39, 0.29) is 11.7 Å². The summed E-state index contributed by atoms with van der Waals surface area (Å²) in [6, 6.07) is 0. The third kappa shape index (κ3) is 8.06. The van der Waals surface area contributed by atoms with Crippen LogP contribution in [0.2, 0.25) is 0 Å². The zero-order valence-electron chi connectivity index (χ0n) is 18.2. The highest BCUT2D eigenvalue weighted by Gasteiger charge is 2.20. The summed E-state index contributed by atoms with van der Waals surface area (Å²) >= 11 is 0. The summed E-state index contributed by atoms with van der Waals surface area (Å²) in [5, 5.41) is 0. The average Bonchev–Trinajstić information content (AvgIpc) is 2.60. The number of allylic oxidation sites excluding steroid dienone is 5. The Balaban J connectivity index is 3.00. The Labute approximate surface area is 163 Å². The van der Waals surface area contributed by atoms with Gasteiger partial charge in [0.05, 0.1) is 0 Å². The van der Waals surface area contributed by atoms with Gasteiger partial charge in [-0.25, -0.2) is 0 Å². The third-order valence-electron chi connectivity index (χ3n) is 6.33. The topological polar surface area (TPSA) is 17.1 Å². The third-order valence-corrected chi connectivity index (χ3v) is 6.33. The standard InChI is InChI=1S/C25H42O/c1-8-23-15-19(4)10-11-20(5)16-24(9-2)21(6)14-18(3)12-13-25(26)22(7)17-23/h12-14,19,21-24H,5,8-11,15-17H2,1-4,6-7H3/b13-12+,18-14+/t19?,21-,22?,23?,24-/m0/s1. The van der Waals surface area contributed by atoms with Crippen LogP contribution in [-0.2, 0) is 4.79 Å². The number of hydrogen-bond donors (Lipinski definition) is 0. The number of carbonyl (C=O) groups is 1. The summed E-state index contributed by atoms with van der Waals surface area (Å²) in [5.41, 5.74) is 2.62. The summed E-state index contributed by atoms with van der Waals surface area (Å²) in [6.45, 7) is 17.8. The maximum Gasteiger partial charge on any atom is 0.158 e. The highest BCUT2D eigenvalue weighted by molar-refractivity contribution is 5.91. The molecule has 1 heteroatoms. The number of rotatable bonds is 2. The van der Waals surface area contributed by atoms with E-state index in [9.17, 15) is 4.79 Å². The first kappa shape index (κ1) is 22.9. The van der Waals surface area contributed by atoms with Crippen molar-refractivity contribution in [3.05, 3.63) is 36.0 Å². The summed E-state index contributed by atoms with van der Waals surface area (Å²) in [5.74, 6) is 2.93. The Kier molecular flexibility index (Phi) is 10.2. The van der Waals surface area contributed by atoms with Crippen molar-refractivity contribution in [1.29, 1.82) is 0 Å². The lowest BCUT2D eigenvalue weighted by atomic mass is 9.81. The van der Waals surface area contributed by atoms with E-state index < -0.39 is 0 Å². The van der Waals surface area contributed by atoms with E-state index >= 15 is 0 Å². The minimum Gasteiger partial charge on any atom is -0.295 e. The number of ketones is 1. The van der Waals surface area contributed by atoms with Crippen LogP contribution in [0.3, 0.4) is 0 Å². The Morgan fingerprint density at radius 2 is 1.77 bits per heavy atom. The molecule has 0 N–H and O–H groups in total. The smallest absolute Gasteiger partial charge is 0.158 e. The largest absolute Gasteiger partial charge is 0.295 e. The second kappa shape index (κ2) is 11.6. The fraction of sp³-hybridized carbons (Fsp3) is 0.720. The van der Waals surface area contributed by atoms with Crippen molar-refractivity contribution in [3.63, 3.8) is 0 Å². The lowest BCUT2D eigenvalue weighted by Gasteiger charge is -2.24. The van der Waals surface area contributed by atoms with Crippen LogP contribution < -0.4 is 0 Å². The SMILES string of the molecule is C=C1CCC(C)CC(CC)CC(C)C(=O)/C=C/C(C)=C/[C@H](C)[C@@H](CC)C1. The normalized spacial score (nSPS) is 36.4. The maximum absolute atomic E-state index is 12.5. The number of hydrogen-bond acceptors (Lipinski definition) is 1. The molecule has 3 unspecified atom stereocenters. The van der Waals surface area contributed by atoms with Crippen LogP contribution in [0.5, 0.6) is 0 Å². The maximum atomic E-state index is 12.5. The van der Waals surface area contributed by atoms with E-state index in [1.165, 1.54) is 36.8 Å². The van der Waals surface area contributed by atoms with Crippen molar-refractivity contribution < 1.29 is 4.79 Å². The zero-order valence-corrected chi connectivity index (χ0v) is 18.2. The molecule has 0 fully saturated rings. The van der Waals surface area contributed by atoms with Crippen molar-refractivity contribution in [2.24, 2.45) is 29.6 Å². The molecule has 26 heavy (non-hydrogen) atoms. The summed E-state index contributed by atoms with van der Waals surface area (Å²) < 4.78 is 0. The fourth-order valence-electron chi connectivity index (χ4n) is 4.34. The molecule has 0 heterocycles. The fourth-order valence-corrected chi connectivity index (χ4v) is 4.34. The molecule has 1 nitrogen and oxygen atoms in total. The van der Waals surface area contributed by atoms with Crippen LogP contribution >= 0.6 is 0 Å². The average molecular weight is 359 g/mol. The Hall–Kier alpha value is -1.11. The quantitative estimate of drug-likeness (QED) is 0.466. The van der Waals surface area contributed by atoms with Gasteiger partial charge in [-0.05, 0) is 68.8 Å². The van der Waals surface area contributed by atoms with Crippen LogP contribution in [0.4, 0.5) is 0 Å². The molecule has 0 aliphatic heterocycles. The molecule has 1 aliphatic carbocycles. The van der Waals surface area contributed by atoms with E-state index in [0.717, 1.165) is 19.3 Å². The Morgan fingerprint density at radius 1 is 1.08 bits per heavy atom. The van der Waals surface area contributed by atoms with Crippen LogP contribution in [0.25, 0.3) is 0 Å². The van der Waals surface area contributed by atoms with Crippen LogP contribution in [-0.4, -0.2) is 5.78 Å². The summed E-state index contributed by atoms with van der Waals surface area (Å²) in [6.07, 6.45) is 14.3. The van der Waals surface area contributed by atoms with Crippen molar-refractivity contribution >= 4 is 5.78 Å². The van der Waals surface area contributed by atoms with Crippen LogP contribution in [0.1, 0.15) is 86.5 Å². The van der Waals surface area contributed by atoms with E-state index in [1.54, 1.807) is 0 Å². The molecule has 0 saturated heterocycles. The highest BCUT2D eigenvalue weighted by atomic mass is 16.1. The monoisotopic (exact) mass is 358 g/mol. The van der Waals surface area contributed by atoms with E-state index in [0.29, 0.717) is 23.7 Å². The highest BCUT2D eigenvalue weighted by Crippen LogP contribution is 2.30. The molecule has 0 aromatic carbocycles. The second-order valence-electron chi connectivity index (χ2n) is 8.92. The Bertz CT molecular complexity index is 510. The lowest BCUT2D eigenvalue weighted by molar-refractivity contribution is -0.118. The van der Waals surface area contributed by atoms with E-state index in [1.807, 2.05) is 12.2 Å². The van der Waals surface area contributed by atoms with Gasteiger partial charge in [-0.3, -0.25) is 4.79 Å². The van der Waals surface area contributed by atoms with Gasteiger partial charge in [-0.15, -0.1) is 0 Å². The van der Waals surface area contributed by atoms with Crippen molar-refractivity contribution in [1.82, 2.24) is 0 Å². The molecule has 1 rings (SSSR count). The molecule has 5 atom stereocenters. The predicted octanol–water partition coefficient (Wildman–Crippen LogP) is 7.54. The van der Waals surface area contributed by atoms with Gasteiger partial charge in [0.25, 0.3) is 0 Å². The molecule has 0 aromatic rings. The van der Waals surface area contributed by atoms with Crippen molar-refractivity contribution in [2.75, 3.05) is 0 Å². The first-order valence-electron chi connectivity index (χ1n) is 10.8. The minimum atomic E-state index is 0.125. The van der Waals surface area contributed by atoms with Crippen molar-refractivity contribution in [3.8, 4) is 0 Å². The van der Waals surface area contributed by atoms with Gasteiger partial charge in [-0.1, -0.05) is 77.3 Å². The molecular weight excluding hydrogens is 316 g/mol. The summed E-state index contributed by atoms with van der Waals surface area (Å²) in [4.78, 5) is 12.5. The molecule has 0 spiro atoms.